The molecule has 13 nitrogen and oxygen atoms in total. The molecule has 49 heavy (non-hydrogen) atoms. The zero-order valence-corrected chi connectivity index (χ0v) is 27.9. The van der Waals surface area contributed by atoms with Gasteiger partial charge in [-0.1, -0.05) is 42.5 Å². The zero-order valence-electron chi connectivity index (χ0n) is 27.1. The van der Waals surface area contributed by atoms with Gasteiger partial charge in [-0.15, -0.1) is 11.3 Å². The minimum absolute atomic E-state index is 0.181. The predicted octanol–water partition coefficient (Wildman–Crippen LogP) is 6.61. The lowest BCUT2D eigenvalue weighted by Crippen LogP contribution is -2.50. The van der Waals surface area contributed by atoms with Crippen LogP contribution in [0.4, 0.5) is 26.9 Å². The molecule has 3 aromatic carbocycles. The monoisotopic (exact) mass is 678 g/mol. The molecule has 3 aromatic heterocycles. The van der Waals surface area contributed by atoms with E-state index in [0.717, 1.165) is 18.6 Å². The van der Waals surface area contributed by atoms with Crippen LogP contribution in [-0.2, 0) is 0 Å². The summed E-state index contributed by atoms with van der Waals surface area (Å²) in [6.45, 7) is 5.07. The van der Waals surface area contributed by atoms with Gasteiger partial charge in [0, 0.05) is 31.1 Å². The van der Waals surface area contributed by atoms with E-state index in [1.807, 2.05) is 48.5 Å². The molecular formula is C35H34N8O5S. The number of fused-ring (bicyclic) bond motifs is 2. The van der Waals surface area contributed by atoms with Gasteiger partial charge in [-0.2, -0.15) is 0 Å². The molecule has 1 saturated heterocycles. The molecule has 0 unspecified atom stereocenters. The number of thiophene rings is 1. The minimum atomic E-state index is -0.658. The number of ether oxygens (including phenoxy) is 3. The van der Waals surface area contributed by atoms with Crippen LogP contribution < -0.4 is 29.7 Å². The first kappa shape index (κ1) is 32.9. The molecule has 3 amide bonds. The van der Waals surface area contributed by atoms with Gasteiger partial charge < -0.3 is 24.0 Å². The van der Waals surface area contributed by atoms with Crippen LogP contribution in [0.5, 0.6) is 17.5 Å². The van der Waals surface area contributed by atoms with Crippen molar-refractivity contribution >= 4 is 62.9 Å². The average molecular weight is 679 g/mol. The number of aromatic nitrogens is 4. The van der Waals surface area contributed by atoms with Crippen molar-refractivity contribution in [1.29, 1.82) is 0 Å². The number of para-hydroxylation sites is 5. The van der Waals surface area contributed by atoms with Crippen LogP contribution in [0.1, 0.15) is 4.88 Å². The maximum atomic E-state index is 12.7. The number of methoxy groups -OCH3 is 2. The minimum Gasteiger partial charge on any atom is -0.478 e. The van der Waals surface area contributed by atoms with Gasteiger partial charge in [0.25, 0.3) is 11.8 Å². The van der Waals surface area contributed by atoms with Crippen molar-refractivity contribution in [2.45, 2.75) is 6.92 Å². The highest BCUT2D eigenvalue weighted by Gasteiger charge is 2.24. The number of piperazine rings is 1. The van der Waals surface area contributed by atoms with Crippen LogP contribution >= 0.6 is 11.3 Å². The fourth-order valence-electron chi connectivity index (χ4n) is 5.17. The van der Waals surface area contributed by atoms with Gasteiger partial charge in [0.15, 0.2) is 11.6 Å². The fraction of sp³-hybridized carbons (Fsp3) is 0.200. The third-order valence-electron chi connectivity index (χ3n) is 7.60. The lowest BCUT2D eigenvalue weighted by Gasteiger charge is -2.35. The van der Waals surface area contributed by atoms with Gasteiger partial charge in [0.05, 0.1) is 42.0 Å². The summed E-state index contributed by atoms with van der Waals surface area (Å²) in [5.74, 6) is 1.53. The second kappa shape index (κ2) is 15.3. The maximum absolute atomic E-state index is 12.7. The molecule has 14 heteroatoms. The lowest BCUT2D eigenvalue weighted by atomic mass is 10.2. The number of carbonyl (C=O) groups excluding carboxylic acids is 2. The Morgan fingerprint density at radius 3 is 1.69 bits per heavy atom. The van der Waals surface area contributed by atoms with E-state index < -0.39 is 6.09 Å². The first-order valence-electron chi connectivity index (χ1n) is 15.4. The van der Waals surface area contributed by atoms with Crippen LogP contribution in [0.2, 0.25) is 0 Å². The van der Waals surface area contributed by atoms with Crippen molar-refractivity contribution in [3.63, 3.8) is 0 Å². The highest BCUT2D eigenvalue weighted by molar-refractivity contribution is 7.10. The Morgan fingerprint density at radius 2 is 1.18 bits per heavy atom. The Morgan fingerprint density at radius 1 is 0.673 bits per heavy atom. The number of anilines is 3. The topological polar surface area (TPSA) is 144 Å². The third kappa shape index (κ3) is 7.93. The smallest absolute Gasteiger partial charge is 0.418 e. The van der Waals surface area contributed by atoms with Crippen LogP contribution in [0.25, 0.3) is 22.1 Å². The molecule has 0 radical (unpaired) electrons. The predicted molar refractivity (Wildman–Crippen MR) is 190 cm³/mol. The Balaban J connectivity index is 0.000000174. The van der Waals surface area contributed by atoms with Crippen LogP contribution in [0.3, 0.4) is 0 Å². The number of rotatable bonds is 6. The zero-order chi connectivity index (χ0) is 34.2. The summed E-state index contributed by atoms with van der Waals surface area (Å²) in [6.07, 6.45) is -0.658. The highest BCUT2D eigenvalue weighted by atomic mass is 32.1. The molecule has 4 heterocycles. The summed E-state index contributed by atoms with van der Waals surface area (Å²) in [6, 6.07) is 25.5. The van der Waals surface area contributed by atoms with Crippen molar-refractivity contribution < 1.29 is 23.8 Å². The van der Waals surface area contributed by atoms with Gasteiger partial charge in [-0.25, -0.2) is 29.5 Å². The number of amides is 3. The van der Waals surface area contributed by atoms with E-state index in [2.05, 4.69) is 53.8 Å². The molecule has 0 spiro atoms. The molecule has 1 aliphatic rings. The Bertz CT molecular complexity index is 2070. The largest absolute Gasteiger partial charge is 0.478 e. The summed E-state index contributed by atoms with van der Waals surface area (Å²) >= 11 is 1.75. The normalized spacial score (nSPS) is 12.6. The second-order valence-corrected chi connectivity index (χ2v) is 11.9. The van der Waals surface area contributed by atoms with E-state index in [1.165, 1.54) is 24.8 Å². The Kier molecular flexibility index (Phi) is 10.2. The molecule has 1 aliphatic heterocycles. The number of nitrogens with one attached hydrogen (secondary N) is 2. The van der Waals surface area contributed by atoms with Gasteiger partial charge in [0.2, 0.25) is 0 Å². The van der Waals surface area contributed by atoms with E-state index in [9.17, 15) is 9.59 Å². The summed E-state index contributed by atoms with van der Waals surface area (Å²) in [5, 5.41) is 7.50. The molecule has 0 bridgehead atoms. The van der Waals surface area contributed by atoms with E-state index in [0.29, 0.717) is 47.1 Å². The standard InChI is InChI=1S/C19H21N5O2S.C16H13N3O3/c1-13-16(7-12-27-13)23-8-10-24(11-9-23)19(25)22-17-18(26-2)21-15-6-4-3-5-14(15)20-17;1-21-15-14(17-12-9-5-6-10-13(12)18-15)19-16(20)22-11-7-3-2-4-8-11/h3-7,12H,8-11H2,1-2H3,(H,20,22,25);2-10H,1H3,(H,17,19,20). The van der Waals surface area contributed by atoms with E-state index in [1.54, 1.807) is 46.6 Å². The Labute approximate surface area is 286 Å². The number of benzene rings is 3. The van der Waals surface area contributed by atoms with Crippen LogP contribution in [0.15, 0.2) is 90.3 Å². The highest BCUT2D eigenvalue weighted by Crippen LogP contribution is 2.27. The maximum Gasteiger partial charge on any atom is 0.418 e. The number of nitrogens with zero attached hydrogens (tertiary/aromatic N) is 6. The Hall–Kier alpha value is -6.02. The van der Waals surface area contributed by atoms with Gasteiger partial charge in [-0.05, 0) is 54.8 Å². The molecular weight excluding hydrogens is 645 g/mol. The van der Waals surface area contributed by atoms with E-state index in [-0.39, 0.29) is 17.7 Å². The molecule has 0 saturated carbocycles. The van der Waals surface area contributed by atoms with Crippen molar-refractivity contribution in [2.75, 3.05) is 55.9 Å². The SMILES string of the molecule is COc1nc2ccccc2nc1NC(=O)N1CCN(c2ccsc2C)CC1.COc1nc2ccccc2nc1NC(=O)Oc1ccccc1. The summed E-state index contributed by atoms with van der Waals surface area (Å²) in [7, 11) is 2.99. The first-order valence-corrected chi connectivity index (χ1v) is 16.3. The summed E-state index contributed by atoms with van der Waals surface area (Å²) in [4.78, 5) is 47.6. The van der Waals surface area contributed by atoms with Gasteiger partial charge in [0.1, 0.15) is 5.75 Å². The summed E-state index contributed by atoms with van der Waals surface area (Å²) in [5.41, 5.74) is 4.04. The second-order valence-electron chi connectivity index (χ2n) is 10.7. The number of aryl methyl sites for hydroxylation is 1. The van der Waals surface area contributed by atoms with Crippen LogP contribution in [-0.4, -0.2) is 77.4 Å². The lowest BCUT2D eigenvalue weighted by molar-refractivity contribution is 0.208. The van der Waals surface area contributed by atoms with Crippen LogP contribution in [0, 0.1) is 6.92 Å². The van der Waals surface area contributed by atoms with E-state index >= 15 is 0 Å². The third-order valence-corrected chi connectivity index (χ3v) is 8.44. The average Bonchev–Trinajstić information content (AvgIpc) is 3.57. The van der Waals surface area contributed by atoms with Gasteiger partial charge >= 0.3 is 12.1 Å². The molecule has 7 rings (SSSR count). The first-order chi connectivity index (χ1) is 23.9. The molecule has 250 valence electrons. The fourth-order valence-corrected chi connectivity index (χ4v) is 5.89. The molecule has 6 aromatic rings. The molecule has 0 atom stereocenters. The summed E-state index contributed by atoms with van der Waals surface area (Å²) < 4.78 is 15.6. The van der Waals surface area contributed by atoms with Crippen molar-refractivity contribution in [3.8, 4) is 17.5 Å². The van der Waals surface area contributed by atoms with Crippen molar-refractivity contribution in [2.24, 2.45) is 0 Å². The molecule has 2 N–H and O–H groups in total. The number of carbonyl (C=O) groups is 2. The quantitative estimate of drug-likeness (QED) is 0.197. The molecule has 1 fully saturated rings. The van der Waals surface area contributed by atoms with E-state index in [4.69, 9.17) is 14.2 Å². The van der Waals surface area contributed by atoms with Gasteiger partial charge in [-0.3, -0.25) is 10.6 Å². The number of urea groups is 1. The number of hydrogen-bond donors (Lipinski definition) is 2. The van der Waals surface area contributed by atoms with Crippen molar-refractivity contribution in [1.82, 2.24) is 24.8 Å². The number of hydrogen-bond acceptors (Lipinski definition) is 11. The molecule has 0 aliphatic carbocycles. The van der Waals surface area contributed by atoms with Crippen molar-refractivity contribution in [3.05, 3.63) is 95.2 Å².